The van der Waals surface area contributed by atoms with Crippen molar-refractivity contribution in [3.63, 3.8) is 0 Å². The molecule has 1 amide bonds. The van der Waals surface area contributed by atoms with Gasteiger partial charge in [0, 0.05) is 20.1 Å². The molecule has 0 spiro atoms. The van der Waals surface area contributed by atoms with Gasteiger partial charge in [0.05, 0.1) is 12.1 Å². The predicted molar refractivity (Wildman–Crippen MR) is 113 cm³/mol. The zero-order valence-electron chi connectivity index (χ0n) is 15.5. The molecule has 10 heteroatoms. The van der Waals surface area contributed by atoms with Crippen molar-refractivity contribution in [2.24, 2.45) is 4.99 Å². The van der Waals surface area contributed by atoms with Crippen LogP contribution in [0.2, 0.25) is 0 Å². The Labute approximate surface area is 183 Å². The molecular weight excluding hydrogens is 503 g/mol. The number of nitrogens with zero attached hydrogens (tertiary/aromatic N) is 1. The molecule has 0 aliphatic rings. The fourth-order valence-electron chi connectivity index (χ4n) is 2.39. The van der Waals surface area contributed by atoms with Crippen LogP contribution in [0.5, 0.6) is 0 Å². The maximum atomic E-state index is 13.1. The molecule has 29 heavy (non-hydrogen) atoms. The van der Waals surface area contributed by atoms with E-state index in [2.05, 4.69) is 20.9 Å². The van der Waals surface area contributed by atoms with Crippen LogP contribution in [0.3, 0.4) is 0 Å². The van der Waals surface area contributed by atoms with E-state index >= 15 is 0 Å². The fraction of sp³-hybridized carbons (Fsp3) is 0.263. The first-order chi connectivity index (χ1) is 13.3. The van der Waals surface area contributed by atoms with E-state index in [4.69, 9.17) is 0 Å². The number of hydrogen-bond donors (Lipinski definition) is 3. The second kappa shape index (κ2) is 11.6. The maximum absolute atomic E-state index is 13.1. The van der Waals surface area contributed by atoms with Crippen LogP contribution in [0.4, 0.5) is 17.6 Å². The second-order valence-corrected chi connectivity index (χ2v) is 5.84. The Hall–Kier alpha value is -2.37. The van der Waals surface area contributed by atoms with Gasteiger partial charge in [0.1, 0.15) is 5.82 Å². The lowest BCUT2D eigenvalue weighted by atomic mass is 10.1. The average Bonchev–Trinajstić information content (AvgIpc) is 2.67. The number of aliphatic imine (C=N–C) groups is 1. The van der Waals surface area contributed by atoms with Crippen molar-refractivity contribution in [2.75, 3.05) is 13.6 Å². The van der Waals surface area contributed by atoms with Gasteiger partial charge in [-0.05, 0) is 23.3 Å². The molecule has 158 valence electrons. The van der Waals surface area contributed by atoms with E-state index in [1.54, 1.807) is 0 Å². The second-order valence-electron chi connectivity index (χ2n) is 5.84. The number of rotatable bonds is 6. The van der Waals surface area contributed by atoms with Crippen molar-refractivity contribution in [3.8, 4) is 0 Å². The Morgan fingerprint density at radius 3 is 2.31 bits per heavy atom. The van der Waals surface area contributed by atoms with E-state index < -0.39 is 17.6 Å². The third-order valence-electron chi connectivity index (χ3n) is 3.80. The molecule has 0 bridgehead atoms. The highest BCUT2D eigenvalue weighted by molar-refractivity contribution is 14.0. The van der Waals surface area contributed by atoms with Gasteiger partial charge < -0.3 is 16.0 Å². The molecule has 0 aromatic heterocycles. The van der Waals surface area contributed by atoms with Crippen LogP contribution in [-0.2, 0) is 24.1 Å². The lowest BCUT2D eigenvalue weighted by Crippen LogP contribution is -2.42. The van der Waals surface area contributed by atoms with Gasteiger partial charge in [-0.25, -0.2) is 4.39 Å². The van der Waals surface area contributed by atoms with Gasteiger partial charge in [-0.2, -0.15) is 13.2 Å². The lowest BCUT2D eigenvalue weighted by Gasteiger charge is -2.16. The van der Waals surface area contributed by atoms with Crippen LogP contribution < -0.4 is 16.0 Å². The minimum atomic E-state index is -4.67. The molecule has 2 rings (SSSR count). The van der Waals surface area contributed by atoms with E-state index in [-0.39, 0.29) is 54.5 Å². The summed E-state index contributed by atoms with van der Waals surface area (Å²) in [6.07, 6.45) is -4.67. The maximum Gasteiger partial charge on any atom is 0.416 e. The van der Waals surface area contributed by atoms with Crippen LogP contribution in [0.25, 0.3) is 0 Å². The molecule has 5 nitrogen and oxygen atoms in total. The normalized spacial score (nSPS) is 11.4. The zero-order chi connectivity index (χ0) is 20.6. The van der Waals surface area contributed by atoms with E-state index in [9.17, 15) is 22.4 Å². The van der Waals surface area contributed by atoms with Crippen LogP contribution >= 0.6 is 24.0 Å². The Bertz CT molecular complexity index is 829. The summed E-state index contributed by atoms with van der Waals surface area (Å²) in [6, 6.07) is 11.8. The lowest BCUT2D eigenvalue weighted by molar-refractivity contribution is -0.138. The fourth-order valence-corrected chi connectivity index (χ4v) is 2.39. The van der Waals surface area contributed by atoms with Crippen molar-refractivity contribution in [1.82, 2.24) is 16.0 Å². The molecule has 0 fully saturated rings. The van der Waals surface area contributed by atoms with Crippen LogP contribution in [-0.4, -0.2) is 25.5 Å². The summed E-state index contributed by atoms with van der Waals surface area (Å²) in [7, 11) is 1.42. The molecule has 2 aromatic carbocycles. The number of hydrogen-bond acceptors (Lipinski definition) is 2. The topological polar surface area (TPSA) is 65.5 Å². The molecule has 0 heterocycles. The number of amides is 1. The molecular formula is C19H21F4IN4O. The molecule has 2 aromatic rings. The highest BCUT2D eigenvalue weighted by atomic mass is 127. The summed E-state index contributed by atoms with van der Waals surface area (Å²) in [5, 5.41) is 8.11. The largest absolute Gasteiger partial charge is 0.416 e. The molecule has 3 N–H and O–H groups in total. The molecule has 0 radical (unpaired) electrons. The first-order valence-electron chi connectivity index (χ1n) is 8.40. The SMILES string of the molecule is CN=C(NCC(=O)NCc1ccccc1)NCc1ccc(F)cc1C(F)(F)F.I. The minimum Gasteiger partial charge on any atom is -0.352 e. The number of alkyl halides is 3. The Balaban J connectivity index is 0.00000420. The van der Waals surface area contributed by atoms with Crippen molar-refractivity contribution >= 4 is 35.8 Å². The first kappa shape index (κ1) is 24.7. The average molecular weight is 524 g/mol. The van der Waals surface area contributed by atoms with Crippen LogP contribution in [0.1, 0.15) is 16.7 Å². The minimum absolute atomic E-state index is 0. The van der Waals surface area contributed by atoms with Crippen LogP contribution in [0.15, 0.2) is 53.5 Å². The van der Waals surface area contributed by atoms with Crippen molar-refractivity contribution in [3.05, 3.63) is 71.0 Å². The third-order valence-corrected chi connectivity index (χ3v) is 3.80. The molecule has 0 atom stereocenters. The smallest absolute Gasteiger partial charge is 0.352 e. The number of benzene rings is 2. The van der Waals surface area contributed by atoms with Gasteiger partial charge in [-0.15, -0.1) is 24.0 Å². The van der Waals surface area contributed by atoms with Gasteiger partial charge in [0.15, 0.2) is 5.96 Å². The van der Waals surface area contributed by atoms with E-state index in [1.807, 2.05) is 30.3 Å². The van der Waals surface area contributed by atoms with Crippen LogP contribution in [0, 0.1) is 5.82 Å². The summed E-state index contributed by atoms with van der Waals surface area (Å²) >= 11 is 0. The zero-order valence-corrected chi connectivity index (χ0v) is 17.8. The molecule has 0 aliphatic heterocycles. The number of nitrogens with one attached hydrogen (secondary N) is 3. The van der Waals surface area contributed by atoms with E-state index in [0.29, 0.717) is 12.6 Å². The number of guanidine groups is 1. The Kier molecular flexibility index (Phi) is 9.86. The number of halogens is 5. The third kappa shape index (κ3) is 8.26. The molecule has 0 saturated carbocycles. The summed E-state index contributed by atoms with van der Waals surface area (Å²) in [6.45, 7) is 0.0143. The highest BCUT2D eigenvalue weighted by Gasteiger charge is 2.33. The monoisotopic (exact) mass is 524 g/mol. The first-order valence-corrected chi connectivity index (χ1v) is 8.40. The van der Waals surface area contributed by atoms with Crippen molar-refractivity contribution in [2.45, 2.75) is 19.3 Å². The predicted octanol–water partition coefficient (Wildman–Crippen LogP) is 3.44. The van der Waals surface area contributed by atoms with Crippen molar-refractivity contribution < 1.29 is 22.4 Å². The Morgan fingerprint density at radius 1 is 1.00 bits per heavy atom. The van der Waals surface area contributed by atoms with E-state index in [0.717, 1.165) is 17.7 Å². The van der Waals surface area contributed by atoms with Gasteiger partial charge in [0.25, 0.3) is 0 Å². The van der Waals surface area contributed by atoms with Gasteiger partial charge in [0.2, 0.25) is 5.91 Å². The van der Waals surface area contributed by atoms with Crippen molar-refractivity contribution in [1.29, 1.82) is 0 Å². The summed E-state index contributed by atoms with van der Waals surface area (Å²) in [4.78, 5) is 15.7. The standard InChI is InChI=1S/C19H20F4N4O.HI/c1-24-18(27-12-17(28)25-10-13-5-3-2-4-6-13)26-11-14-7-8-15(20)9-16(14)19(21,22)23;/h2-9H,10-12H2,1H3,(H,25,28)(H2,24,26,27);1H. The highest BCUT2D eigenvalue weighted by Crippen LogP contribution is 2.32. The van der Waals surface area contributed by atoms with E-state index in [1.165, 1.54) is 7.05 Å². The van der Waals surface area contributed by atoms with Gasteiger partial charge in [-0.3, -0.25) is 9.79 Å². The molecule has 0 saturated heterocycles. The quantitative estimate of drug-likeness (QED) is 0.235. The van der Waals surface area contributed by atoms with Gasteiger partial charge >= 0.3 is 6.18 Å². The summed E-state index contributed by atoms with van der Waals surface area (Å²) in [5.41, 5.74) is -0.254. The Morgan fingerprint density at radius 2 is 1.69 bits per heavy atom. The number of carbonyl (C=O) groups is 1. The molecule has 0 aliphatic carbocycles. The van der Waals surface area contributed by atoms with Gasteiger partial charge in [-0.1, -0.05) is 36.4 Å². The number of carbonyl (C=O) groups excluding carboxylic acids is 1. The summed E-state index contributed by atoms with van der Waals surface area (Å²) in [5.74, 6) is -1.12. The molecule has 0 unspecified atom stereocenters. The summed E-state index contributed by atoms with van der Waals surface area (Å²) < 4.78 is 52.2.